The van der Waals surface area contributed by atoms with E-state index in [0.717, 1.165) is 28.0 Å². The molecular weight excluding hydrogens is 368 g/mol. The minimum Gasteiger partial charge on any atom is -0.491 e. The number of hydrogen-bond donors (Lipinski definition) is 0. The molecule has 27 heavy (non-hydrogen) atoms. The predicted octanol–water partition coefficient (Wildman–Crippen LogP) is 2.37. The lowest BCUT2D eigenvalue weighted by atomic mass is 10.2. The van der Waals surface area contributed by atoms with E-state index in [-0.39, 0.29) is 18.6 Å². The molecule has 7 nitrogen and oxygen atoms in total. The molecule has 0 saturated carbocycles. The molecule has 1 aromatic carbocycles. The first-order valence-corrected chi connectivity index (χ1v) is 9.63. The molecule has 2 aliphatic rings. The van der Waals surface area contributed by atoms with Crippen LogP contribution in [0.3, 0.4) is 0 Å². The van der Waals surface area contributed by atoms with Gasteiger partial charge in [0, 0.05) is 13.1 Å². The van der Waals surface area contributed by atoms with Crippen LogP contribution in [0.4, 0.5) is 4.79 Å². The molecule has 3 amide bonds. The summed E-state index contributed by atoms with van der Waals surface area (Å²) in [6.45, 7) is 5.58. The summed E-state index contributed by atoms with van der Waals surface area (Å²) < 4.78 is 10.8. The number of carbonyl (C=O) groups is 3. The van der Waals surface area contributed by atoms with E-state index in [2.05, 4.69) is 0 Å². The Balaban J connectivity index is 1.66. The van der Waals surface area contributed by atoms with E-state index in [1.54, 1.807) is 11.0 Å². The van der Waals surface area contributed by atoms with Crippen LogP contribution in [0.5, 0.6) is 5.75 Å². The Morgan fingerprint density at radius 2 is 1.89 bits per heavy atom. The van der Waals surface area contributed by atoms with Crippen molar-refractivity contribution < 1.29 is 23.9 Å². The molecule has 2 aliphatic heterocycles. The van der Waals surface area contributed by atoms with Crippen LogP contribution in [0.2, 0.25) is 0 Å². The first kappa shape index (κ1) is 19.4. The normalized spacial score (nSPS) is 19.3. The molecule has 2 fully saturated rings. The summed E-state index contributed by atoms with van der Waals surface area (Å²) in [5.74, 6) is 0.0671. The number of carbonyl (C=O) groups excluding carboxylic acids is 3. The minimum absolute atomic E-state index is 0.0800. The molecule has 8 heteroatoms. The zero-order valence-electron chi connectivity index (χ0n) is 15.3. The third kappa shape index (κ3) is 4.90. The summed E-state index contributed by atoms with van der Waals surface area (Å²) in [5, 5.41) is -0.423. The number of benzene rings is 1. The Hall–Kier alpha value is -2.32. The van der Waals surface area contributed by atoms with Gasteiger partial charge in [-0.15, -0.1) is 0 Å². The van der Waals surface area contributed by atoms with Crippen LogP contribution in [-0.2, 0) is 14.3 Å². The number of imide groups is 1. The van der Waals surface area contributed by atoms with Gasteiger partial charge in [0.15, 0.2) is 0 Å². The summed E-state index contributed by atoms with van der Waals surface area (Å²) in [6.07, 6.45) is 1.74. The zero-order chi connectivity index (χ0) is 19.4. The largest absolute Gasteiger partial charge is 0.491 e. The van der Waals surface area contributed by atoms with Gasteiger partial charge in [0.25, 0.3) is 11.1 Å². The minimum atomic E-state index is -0.436. The lowest BCUT2D eigenvalue weighted by molar-refractivity contribution is -0.139. The van der Waals surface area contributed by atoms with Crippen molar-refractivity contribution in [3.05, 3.63) is 34.7 Å². The molecule has 0 radical (unpaired) electrons. The van der Waals surface area contributed by atoms with E-state index in [0.29, 0.717) is 31.2 Å². The predicted molar refractivity (Wildman–Crippen MR) is 102 cm³/mol. The van der Waals surface area contributed by atoms with Gasteiger partial charge in [-0.2, -0.15) is 0 Å². The second-order valence-corrected chi connectivity index (χ2v) is 7.49. The van der Waals surface area contributed by atoms with Gasteiger partial charge in [0.1, 0.15) is 12.3 Å². The molecule has 0 aromatic heterocycles. The fourth-order valence-corrected chi connectivity index (χ4v) is 3.59. The van der Waals surface area contributed by atoms with Crippen LogP contribution in [-0.4, -0.2) is 65.8 Å². The standard InChI is InChI=1S/C19H22N2O5S/c1-13(2)26-15-5-3-14(4-6-15)11-16-18(23)21(19(24)27-16)12-17(22)20-7-9-25-10-8-20/h3-6,11,13H,7-10,12H2,1-2H3/b16-11-. The number of ether oxygens (including phenoxy) is 2. The molecule has 0 atom stereocenters. The van der Waals surface area contributed by atoms with Crippen LogP contribution in [0.1, 0.15) is 19.4 Å². The first-order chi connectivity index (χ1) is 12.9. The number of hydrogen-bond acceptors (Lipinski definition) is 6. The fourth-order valence-electron chi connectivity index (χ4n) is 2.75. The van der Waals surface area contributed by atoms with Crippen molar-refractivity contribution in [1.29, 1.82) is 0 Å². The number of morpholine rings is 1. The summed E-state index contributed by atoms with van der Waals surface area (Å²) >= 11 is 0.852. The highest BCUT2D eigenvalue weighted by Gasteiger charge is 2.37. The van der Waals surface area contributed by atoms with E-state index < -0.39 is 11.1 Å². The average Bonchev–Trinajstić information content (AvgIpc) is 2.91. The van der Waals surface area contributed by atoms with Crippen molar-refractivity contribution >= 4 is 34.9 Å². The molecule has 0 aliphatic carbocycles. The Morgan fingerprint density at radius 3 is 2.52 bits per heavy atom. The molecule has 0 N–H and O–H groups in total. The van der Waals surface area contributed by atoms with Crippen molar-refractivity contribution in [2.45, 2.75) is 20.0 Å². The number of amides is 3. The SMILES string of the molecule is CC(C)Oc1ccc(/C=C2\SC(=O)N(CC(=O)N3CCOCC3)C2=O)cc1. The van der Waals surface area contributed by atoms with E-state index in [1.165, 1.54) is 0 Å². The van der Waals surface area contributed by atoms with Gasteiger partial charge in [0.05, 0.1) is 24.2 Å². The third-order valence-electron chi connectivity index (χ3n) is 4.08. The maximum absolute atomic E-state index is 12.5. The molecule has 3 rings (SSSR count). The molecular formula is C19H22N2O5S. The van der Waals surface area contributed by atoms with Crippen molar-refractivity contribution in [1.82, 2.24) is 9.80 Å². The van der Waals surface area contributed by atoms with Crippen molar-refractivity contribution in [2.75, 3.05) is 32.8 Å². The van der Waals surface area contributed by atoms with Crippen molar-refractivity contribution in [3.8, 4) is 5.75 Å². The van der Waals surface area contributed by atoms with Gasteiger partial charge in [0.2, 0.25) is 5.91 Å². The molecule has 1 aromatic rings. The zero-order valence-corrected chi connectivity index (χ0v) is 16.2. The lowest BCUT2D eigenvalue weighted by Crippen LogP contribution is -2.46. The van der Waals surface area contributed by atoms with Gasteiger partial charge in [-0.3, -0.25) is 19.3 Å². The van der Waals surface area contributed by atoms with Crippen LogP contribution >= 0.6 is 11.8 Å². The highest BCUT2D eigenvalue weighted by Crippen LogP contribution is 2.32. The first-order valence-electron chi connectivity index (χ1n) is 8.81. The molecule has 0 spiro atoms. The topological polar surface area (TPSA) is 76.2 Å². The highest BCUT2D eigenvalue weighted by atomic mass is 32.2. The smallest absolute Gasteiger partial charge is 0.294 e. The fraction of sp³-hybridized carbons (Fsp3) is 0.421. The van der Waals surface area contributed by atoms with Crippen LogP contribution in [0.15, 0.2) is 29.2 Å². The molecule has 0 unspecified atom stereocenters. The van der Waals surface area contributed by atoms with E-state index in [4.69, 9.17) is 9.47 Å². The second kappa shape index (κ2) is 8.58. The third-order valence-corrected chi connectivity index (χ3v) is 4.99. The Kier molecular flexibility index (Phi) is 6.18. The van der Waals surface area contributed by atoms with Crippen molar-refractivity contribution in [2.24, 2.45) is 0 Å². The number of nitrogens with zero attached hydrogens (tertiary/aromatic N) is 2. The number of thioether (sulfide) groups is 1. The Bertz CT molecular complexity index is 754. The number of rotatable bonds is 5. The summed E-state index contributed by atoms with van der Waals surface area (Å²) in [5.41, 5.74) is 0.788. The summed E-state index contributed by atoms with van der Waals surface area (Å²) in [7, 11) is 0. The van der Waals surface area contributed by atoms with Gasteiger partial charge < -0.3 is 14.4 Å². The Labute approximate surface area is 162 Å². The highest BCUT2D eigenvalue weighted by molar-refractivity contribution is 8.18. The molecule has 144 valence electrons. The summed E-state index contributed by atoms with van der Waals surface area (Å²) in [4.78, 5) is 40.0. The van der Waals surface area contributed by atoms with E-state index >= 15 is 0 Å². The van der Waals surface area contributed by atoms with Crippen LogP contribution in [0, 0.1) is 0 Å². The monoisotopic (exact) mass is 390 g/mol. The second-order valence-electron chi connectivity index (χ2n) is 6.50. The average molecular weight is 390 g/mol. The van der Waals surface area contributed by atoms with Gasteiger partial charge in [-0.05, 0) is 49.4 Å². The van der Waals surface area contributed by atoms with Gasteiger partial charge >= 0.3 is 0 Å². The lowest BCUT2D eigenvalue weighted by Gasteiger charge is -2.28. The van der Waals surface area contributed by atoms with Crippen LogP contribution < -0.4 is 4.74 Å². The molecule has 2 saturated heterocycles. The van der Waals surface area contributed by atoms with Crippen molar-refractivity contribution in [3.63, 3.8) is 0 Å². The maximum Gasteiger partial charge on any atom is 0.294 e. The quantitative estimate of drug-likeness (QED) is 0.719. The van der Waals surface area contributed by atoms with E-state index in [9.17, 15) is 14.4 Å². The van der Waals surface area contributed by atoms with Gasteiger partial charge in [-0.25, -0.2) is 0 Å². The summed E-state index contributed by atoms with van der Waals surface area (Å²) in [6, 6.07) is 7.28. The molecule has 2 heterocycles. The molecule has 0 bridgehead atoms. The Morgan fingerprint density at radius 1 is 1.22 bits per heavy atom. The van der Waals surface area contributed by atoms with Gasteiger partial charge in [-0.1, -0.05) is 12.1 Å². The maximum atomic E-state index is 12.5. The van der Waals surface area contributed by atoms with E-state index in [1.807, 2.05) is 38.1 Å². The van der Waals surface area contributed by atoms with Crippen LogP contribution in [0.25, 0.3) is 6.08 Å².